The zero-order chi connectivity index (χ0) is 12.3. The predicted octanol–water partition coefficient (Wildman–Crippen LogP) is 2.38. The molecular weight excluding hydrogens is 230 g/mol. The summed E-state index contributed by atoms with van der Waals surface area (Å²) in [5, 5.41) is 3.21. The highest BCUT2D eigenvalue weighted by Crippen LogP contribution is 2.25. The molecule has 2 N–H and O–H groups in total. The average Bonchev–Trinajstić information content (AvgIpc) is 2.78. The molecule has 2 aromatic rings. The SMILES string of the molecule is CN(C)c1cccc(-c2csc(CCN)n2)c1. The molecule has 0 aliphatic heterocycles. The smallest absolute Gasteiger partial charge is 0.0945 e. The van der Waals surface area contributed by atoms with Gasteiger partial charge in [-0.1, -0.05) is 12.1 Å². The number of hydrogen-bond donors (Lipinski definition) is 1. The number of benzene rings is 1. The molecule has 1 heterocycles. The molecule has 0 unspecified atom stereocenters. The average molecular weight is 247 g/mol. The van der Waals surface area contributed by atoms with E-state index in [1.54, 1.807) is 11.3 Å². The van der Waals surface area contributed by atoms with Gasteiger partial charge in [-0.15, -0.1) is 11.3 Å². The van der Waals surface area contributed by atoms with Gasteiger partial charge in [-0.25, -0.2) is 4.98 Å². The fraction of sp³-hybridized carbons (Fsp3) is 0.308. The van der Waals surface area contributed by atoms with Crippen LogP contribution in [0.15, 0.2) is 29.6 Å². The van der Waals surface area contributed by atoms with Crippen LogP contribution in [0.1, 0.15) is 5.01 Å². The second kappa shape index (κ2) is 5.29. The zero-order valence-electron chi connectivity index (χ0n) is 10.2. The second-order valence-electron chi connectivity index (χ2n) is 4.11. The molecule has 90 valence electrons. The van der Waals surface area contributed by atoms with Crippen LogP contribution in [0, 0.1) is 0 Å². The topological polar surface area (TPSA) is 42.1 Å². The Morgan fingerprint density at radius 1 is 1.35 bits per heavy atom. The molecule has 0 fully saturated rings. The summed E-state index contributed by atoms with van der Waals surface area (Å²) < 4.78 is 0. The molecule has 17 heavy (non-hydrogen) atoms. The minimum Gasteiger partial charge on any atom is -0.378 e. The summed E-state index contributed by atoms with van der Waals surface area (Å²) in [7, 11) is 4.08. The molecule has 0 aliphatic rings. The maximum atomic E-state index is 5.53. The van der Waals surface area contributed by atoms with Crippen LogP contribution in [0.2, 0.25) is 0 Å². The van der Waals surface area contributed by atoms with Crippen molar-refractivity contribution < 1.29 is 0 Å². The van der Waals surface area contributed by atoms with Crippen molar-refractivity contribution in [1.29, 1.82) is 0 Å². The van der Waals surface area contributed by atoms with Crippen LogP contribution in [0.25, 0.3) is 11.3 Å². The van der Waals surface area contributed by atoms with Crippen molar-refractivity contribution in [3.05, 3.63) is 34.7 Å². The van der Waals surface area contributed by atoms with E-state index in [9.17, 15) is 0 Å². The number of hydrogen-bond acceptors (Lipinski definition) is 4. The van der Waals surface area contributed by atoms with Gasteiger partial charge in [-0.05, 0) is 18.7 Å². The first-order valence-electron chi connectivity index (χ1n) is 5.63. The van der Waals surface area contributed by atoms with Gasteiger partial charge in [-0.2, -0.15) is 0 Å². The number of rotatable bonds is 4. The Bertz CT molecular complexity index is 491. The molecule has 0 saturated heterocycles. The van der Waals surface area contributed by atoms with Crippen LogP contribution in [-0.2, 0) is 6.42 Å². The van der Waals surface area contributed by atoms with Gasteiger partial charge >= 0.3 is 0 Å². The van der Waals surface area contributed by atoms with E-state index in [4.69, 9.17) is 5.73 Å². The third-order valence-electron chi connectivity index (χ3n) is 2.57. The predicted molar refractivity (Wildman–Crippen MR) is 74.6 cm³/mol. The molecular formula is C13H17N3S. The van der Waals surface area contributed by atoms with Crippen molar-refractivity contribution in [2.75, 3.05) is 25.5 Å². The minimum absolute atomic E-state index is 0.657. The normalized spacial score (nSPS) is 10.5. The molecule has 0 amide bonds. The zero-order valence-corrected chi connectivity index (χ0v) is 11.0. The van der Waals surface area contributed by atoms with Gasteiger partial charge in [-0.3, -0.25) is 0 Å². The molecule has 0 radical (unpaired) electrons. The number of nitrogens with two attached hydrogens (primary N) is 1. The molecule has 3 nitrogen and oxygen atoms in total. The van der Waals surface area contributed by atoms with Gasteiger partial charge in [0.2, 0.25) is 0 Å². The Morgan fingerprint density at radius 3 is 2.88 bits per heavy atom. The Kier molecular flexibility index (Phi) is 3.76. The number of nitrogens with zero attached hydrogens (tertiary/aromatic N) is 2. The fourth-order valence-electron chi connectivity index (χ4n) is 1.63. The molecule has 0 aliphatic carbocycles. The Morgan fingerprint density at radius 2 is 2.18 bits per heavy atom. The summed E-state index contributed by atoms with van der Waals surface area (Å²) >= 11 is 1.68. The Hall–Kier alpha value is -1.39. The van der Waals surface area contributed by atoms with Crippen LogP contribution in [0.4, 0.5) is 5.69 Å². The van der Waals surface area contributed by atoms with Crippen molar-refractivity contribution in [3.63, 3.8) is 0 Å². The van der Waals surface area contributed by atoms with Crippen molar-refractivity contribution in [2.24, 2.45) is 5.73 Å². The summed E-state index contributed by atoms with van der Waals surface area (Å²) in [6.07, 6.45) is 0.859. The largest absolute Gasteiger partial charge is 0.378 e. The van der Waals surface area contributed by atoms with Crippen molar-refractivity contribution in [1.82, 2.24) is 4.98 Å². The van der Waals surface area contributed by atoms with Crippen molar-refractivity contribution in [2.45, 2.75) is 6.42 Å². The van der Waals surface area contributed by atoms with Crippen LogP contribution < -0.4 is 10.6 Å². The molecule has 2 rings (SSSR count). The summed E-state index contributed by atoms with van der Waals surface area (Å²) in [5.41, 5.74) is 8.93. The third kappa shape index (κ3) is 2.84. The van der Waals surface area contributed by atoms with Crippen molar-refractivity contribution >= 4 is 17.0 Å². The number of anilines is 1. The summed E-state index contributed by atoms with van der Waals surface area (Å²) in [5.74, 6) is 0. The van der Waals surface area contributed by atoms with Crippen LogP contribution in [-0.4, -0.2) is 25.6 Å². The van der Waals surface area contributed by atoms with E-state index in [-0.39, 0.29) is 0 Å². The van der Waals surface area contributed by atoms with Gasteiger partial charge in [0, 0.05) is 37.1 Å². The first-order valence-corrected chi connectivity index (χ1v) is 6.51. The van der Waals surface area contributed by atoms with Gasteiger partial charge in [0.05, 0.1) is 10.7 Å². The van der Waals surface area contributed by atoms with Crippen LogP contribution >= 0.6 is 11.3 Å². The molecule has 0 bridgehead atoms. The first-order chi connectivity index (χ1) is 8.20. The third-order valence-corrected chi connectivity index (χ3v) is 3.48. The van der Waals surface area contributed by atoms with E-state index < -0.39 is 0 Å². The summed E-state index contributed by atoms with van der Waals surface area (Å²) in [6, 6.07) is 8.40. The quantitative estimate of drug-likeness (QED) is 0.902. The summed E-state index contributed by atoms with van der Waals surface area (Å²) in [6.45, 7) is 0.657. The molecule has 0 atom stereocenters. The minimum atomic E-state index is 0.657. The van der Waals surface area contributed by atoms with Gasteiger partial charge in [0.15, 0.2) is 0 Å². The molecule has 1 aromatic carbocycles. The lowest BCUT2D eigenvalue weighted by Crippen LogP contribution is -2.08. The lowest BCUT2D eigenvalue weighted by molar-refractivity contribution is 0.954. The highest BCUT2D eigenvalue weighted by Gasteiger charge is 2.05. The lowest BCUT2D eigenvalue weighted by atomic mass is 10.1. The maximum Gasteiger partial charge on any atom is 0.0945 e. The highest BCUT2D eigenvalue weighted by molar-refractivity contribution is 7.09. The lowest BCUT2D eigenvalue weighted by Gasteiger charge is -2.12. The van der Waals surface area contributed by atoms with Crippen LogP contribution in [0.3, 0.4) is 0 Å². The summed E-state index contributed by atoms with van der Waals surface area (Å²) in [4.78, 5) is 6.68. The first kappa shape index (κ1) is 12.1. The second-order valence-corrected chi connectivity index (χ2v) is 5.05. The van der Waals surface area contributed by atoms with E-state index in [1.807, 2.05) is 14.1 Å². The molecule has 4 heteroatoms. The molecule has 0 saturated carbocycles. The van der Waals surface area contributed by atoms with E-state index >= 15 is 0 Å². The Labute approximate surface area is 106 Å². The van der Waals surface area contributed by atoms with E-state index in [1.165, 1.54) is 5.69 Å². The fourth-order valence-corrected chi connectivity index (χ4v) is 2.45. The van der Waals surface area contributed by atoms with Crippen LogP contribution in [0.5, 0.6) is 0 Å². The van der Waals surface area contributed by atoms with E-state index in [0.29, 0.717) is 6.54 Å². The monoisotopic (exact) mass is 247 g/mol. The highest BCUT2D eigenvalue weighted by atomic mass is 32.1. The van der Waals surface area contributed by atoms with E-state index in [2.05, 4.69) is 39.5 Å². The molecule has 0 spiro atoms. The van der Waals surface area contributed by atoms with Gasteiger partial charge in [0.25, 0.3) is 0 Å². The van der Waals surface area contributed by atoms with Gasteiger partial charge in [0.1, 0.15) is 0 Å². The van der Waals surface area contributed by atoms with E-state index in [0.717, 1.165) is 22.7 Å². The Balaban J connectivity index is 2.28. The standard InChI is InChI=1S/C13H17N3S/c1-16(2)11-5-3-4-10(8-11)12-9-17-13(15-12)6-7-14/h3-5,8-9H,6-7,14H2,1-2H3. The van der Waals surface area contributed by atoms with Gasteiger partial charge < -0.3 is 10.6 Å². The van der Waals surface area contributed by atoms with Crippen molar-refractivity contribution in [3.8, 4) is 11.3 Å². The number of aromatic nitrogens is 1. The maximum absolute atomic E-state index is 5.53. The molecule has 1 aromatic heterocycles. The number of thiazole rings is 1.